The topological polar surface area (TPSA) is 79.9 Å². The summed E-state index contributed by atoms with van der Waals surface area (Å²) in [5, 5.41) is 9.26. The van der Waals surface area contributed by atoms with E-state index in [0.29, 0.717) is 18.6 Å². The zero-order chi connectivity index (χ0) is 27.4. The monoisotopic (exact) mass is 538 g/mol. The molecule has 0 spiro atoms. The average Bonchev–Trinajstić information content (AvgIpc) is 3.20. The molecule has 39 heavy (non-hydrogen) atoms. The van der Waals surface area contributed by atoms with E-state index in [1.807, 2.05) is 70.7 Å². The molecular formula is C32H34N4O2S. The zero-order valence-electron chi connectivity index (χ0n) is 22.3. The number of para-hydroxylation sites is 2. The molecule has 5 rings (SSSR count). The van der Waals surface area contributed by atoms with Crippen molar-refractivity contribution in [2.45, 2.75) is 38.6 Å². The molecule has 7 heteroatoms. The van der Waals surface area contributed by atoms with Crippen LogP contribution in [0.2, 0.25) is 0 Å². The summed E-state index contributed by atoms with van der Waals surface area (Å²) in [5.41, 5.74) is 7.51. The highest BCUT2D eigenvalue weighted by Crippen LogP contribution is 2.22. The highest BCUT2D eigenvalue weighted by Gasteiger charge is 2.22. The van der Waals surface area contributed by atoms with Crippen molar-refractivity contribution >= 4 is 21.1 Å². The van der Waals surface area contributed by atoms with Gasteiger partial charge in [-0.15, -0.1) is 0 Å². The van der Waals surface area contributed by atoms with E-state index in [2.05, 4.69) is 60.2 Å². The third-order valence-electron chi connectivity index (χ3n) is 7.07. The molecule has 200 valence electrons. The van der Waals surface area contributed by atoms with E-state index >= 15 is 0 Å². The van der Waals surface area contributed by atoms with Gasteiger partial charge in [0.1, 0.15) is 0 Å². The largest absolute Gasteiger partial charge is 0.306 e. The highest BCUT2D eigenvalue weighted by atomic mass is 32.2. The minimum atomic E-state index is -3.58. The van der Waals surface area contributed by atoms with E-state index in [0.717, 1.165) is 27.7 Å². The van der Waals surface area contributed by atoms with Gasteiger partial charge in [0.05, 0.1) is 29.4 Å². The number of aryl methyl sites for hydroxylation is 2. The van der Waals surface area contributed by atoms with E-state index in [1.165, 1.54) is 11.1 Å². The van der Waals surface area contributed by atoms with Crippen molar-refractivity contribution in [1.82, 2.24) is 13.9 Å². The smallest absolute Gasteiger partial charge is 0.215 e. The Balaban J connectivity index is 1.52. The minimum absolute atomic E-state index is 0.0846. The van der Waals surface area contributed by atoms with E-state index in [9.17, 15) is 13.8 Å². The lowest BCUT2D eigenvalue weighted by Crippen LogP contribution is -2.37. The Labute approximate surface area is 230 Å². The number of benzene rings is 4. The summed E-state index contributed by atoms with van der Waals surface area (Å²) in [6, 6.07) is 33.5. The van der Waals surface area contributed by atoms with E-state index in [1.54, 1.807) is 0 Å². The number of nitrogens with one attached hydrogen (secondary N) is 2. The van der Waals surface area contributed by atoms with E-state index in [4.69, 9.17) is 0 Å². The van der Waals surface area contributed by atoms with Crippen LogP contribution in [0.1, 0.15) is 33.9 Å². The molecule has 1 aromatic heterocycles. The molecule has 0 bridgehead atoms. The van der Waals surface area contributed by atoms with Crippen LogP contribution >= 0.6 is 0 Å². The van der Waals surface area contributed by atoms with E-state index in [-0.39, 0.29) is 18.3 Å². The van der Waals surface area contributed by atoms with Gasteiger partial charge in [-0.3, -0.25) is 5.41 Å². The normalized spacial score (nSPS) is 12.6. The summed E-state index contributed by atoms with van der Waals surface area (Å²) in [7, 11) is -3.58. The van der Waals surface area contributed by atoms with Crippen molar-refractivity contribution in [3.8, 4) is 0 Å². The van der Waals surface area contributed by atoms with Crippen molar-refractivity contribution in [3.05, 3.63) is 137 Å². The summed E-state index contributed by atoms with van der Waals surface area (Å²) in [6.07, 6.45) is 0.587. The molecule has 0 aliphatic rings. The van der Waals surface area contributed by atoms with Crippen molar-refractivity contribution in [3.63, 3.8) is 0 Å². The molecule has 0 radical (unpaired) electrons. The number of hydrogen-bond acceptors (Lipinski definition) is 3. The number of aromatic nitrogens is 2. The van der Waals surface area contributed by atoms with Gasteiger partial charge in [-0.2, -0.15) is 0 Å². The Bertz CT molecular complexity index is 1720. The number of sulfonamides is 1. The predicted octanol–water partition coefficient (Wildman–Crippen LogP) is 5.49. The van der Waals surface area contributed by atoms with E-state index < -0.39 is 10.0 Å². The van der Waals surface area contributed by atoms with Crippen LogP contribution in [-0.4, -0.2) is 24.1 Å². The molecule has 0 amide bonds. The zero-order valence-corrected chi connectivity index (χ0v) is 23.2. The summed E-state index contributed by atoms with van der Waals surface area (Å²) in [5.74, 6) is -0.0846. The maximum absolute atomic E-state index is 13.1. The second kappa shape index (κ2) is 11.4. The van der Waals surface area contributed by atoms with Crippen LogP contribution in [0.3, 0.4) is 0 Å². The van der Waals surface area contributed by atoms with Gasteiger partial charge in [0.2, 0.25) is 15.6 Å². The molecule has 0 aliphatic carbocycles. The molecule has 6 nitrogen and oxygen atoms in total. The first-order valence-corrected chi connectivity index (χ1v) is 14.8. The average molecular weight is 539 g/mol. The molecule has 0 saturated heterocycles. The van der Waals surface area contributed by atoms with Crippen LogP contribution in [0.4, 0.5) is 0 Å². The standard InChI is InChI=1S/C32H34N4O2S/c1-24-12-16-26(17-13-24)20-29(21-34-39(37,38)23-28-8-4-3-5-9-28)36-31-11-7-6-10-30(31)35(32(36)33)22-27-18-14-25(2)15-19-27/h3-19,29,33-34H,20-23H2,1-2H3. The molecular weight excluding hydrogens is 504 g/mol. The molecule has 0 fully saturated rings. The van der Waals surface area contributed by atoms with Gasteiger partial charge in [0, 0.05) is 6.54 Å². The second-order valence-electron chi connectivity index (χ2n) is 10.2. The van der Waals surface area contributed by atoms with Gasteiger partial charge < -0.3 is 9.13 Å². The van der Waals surface area contributed by atoms with Crippen molar-refractivity contribution in [2.75, 3.05) is 6.54 Å². The van der Waals surface area contributed by atoms with Crippen LogP contribution in [0.25, 0.3) is 11.0 Å². The Morgan fingerprint density at radius 2 is 1.28 bits per heavy atom. The Morgan fingerprint density at radius 3 is 1.92 bits per heavy atom. The summed E-state index contributed by atoms with van der Waals surface area (Å²) in [4.78, 5) is 0. The third-order valence-corrected chi connectivity index (χ3v) is 8.39. The SMILES string of the molecule is Cc1ccc(CC(CNS(=O)(=O)Cc2ccccc2)n2c(=N)n(Cc3ccc(C)cc3)c3ccccc32)cc1. The number of fused-ring (bicyclic) bond motifs is 1. The molecule has 1 atom stereocenters. The first kappa shape index (κ1) is 26.7. The van der Waals surface area contributed by atoms with Gasteiger partial charge in [-0.1, -0.05) is 102 Å². The maximum atomic E-state index is 13.1. The first-order chi connectivity index (χ1) is 18.8. The lowest BCUT2D eigenvalue weighted by Gasteiger charge is -2.21. The molecule has 0 saturated carbocycles. The number of nitrogens with zero attached hydrogens (tertiary/aromatic N) is 2. The highest BCUT2D eigenvalue weighted by molar-refractivity contribution is 7.88. The fourth-order valence-electron chi connectivity index (χ4n) is 4.98. The van der Waals surface area contributed by atoms with Crippen molar-refractivity contribution in [2.24, 2.45) is 0 Å². The van der Waals surface area contributed by atoms with Gasteiger partial charge in [-0.05, 0) is 49.1 Å². The number of hydrogen-bond donors (Lipinski definition) is 2. The molecule has 4 aromatic carbocycles. The van der Waals surface area contributed by atoms with Gasteiger partial charge in [0.15, 0.2) is 0 Å². The molecule has 5 aromatic rings. The number of rotatable bonds is 10. The van der Waals surface area contributed by atoms with Crippen molar-refractivity contribution in [1.29, 1.82) is 5.41 Å². The van der Waals surface area contributed by atoms with Crippen LogP contribution in [0.5, 0.6) is 0 Å². The molecule has 1 unspecified atom stereocenters. The number of imidazole rings is 1. The van der Waals surface area contributed by atoms with Crippen LogP contribution in [0, 0.1) is 19.3 Å². The second-order valence-corrected chi connectivity index (χ2v) is 12.0. The summed E-state index contributed by atoms with van der Waals surface area (Å²) < 4.78 is 33.0. The predicted molar refractivity (Wildman–Crippen MR) is 157 cm³/mol. The Kier molecular flexibility index (Phi) is 7.82. The fraction of sp³-hybridized carbons (Fsp3) is 0.219. The summed E-state index contributed by atoms with van der Waals surface area (Å²) >= 11 is 0. The lowest BCUT2D eigenvalue weighted by molar-refractivity contribution is 0.466. The maximum Gasteiger partial charge on any atom is 0.215 e. The quantitative estimate of drug-likeness (QED) is 0.247. The minimum Gasteiger partial charge on any atom is -0.306 e. The van der Waals surface area contributed by atoms with Crippen LogP contribution < -0.4 is 10.3 Å². The van der Waals surface area contributed by atoms with Crippen LogP contribution in [-0.2, 0) is 28.7 Å². The molecule has 2 N–H and O–H groups in total. The van der Waals surface area contributed by atoms with Crippen LogP contribution in [0.15, 0.2) is 103 Å². The molecule has 1 heterocycles. The van der Waals surface area contributed by atoms with Gasteiger partial charge in [-0.25, -0.2) is 13.1 Å². The molecule has 0 aliphatic heterocycles. The lowest BCUT2D eigenvalue weighted by atomic mass is 10.0. The van der Waals surface area contributed by atoms with Crippen molar-refractivity contribution < 1.29 is 8.42 Å². The first-order valence-electron chi connectivity index (χ1n) is 13.2. The Morgan fingerprint density at radius 1 is 0.718 bits per heavy atom. The van der Waals surface area contributed by atoms with Gasteiger partial charge >= 0.3 is 0 Å². The Hall–Kier alpha value is -3.94. The summed E-state index contributed by atoms with van der Waals surface area (Å²) in [6.45, 7) is 4.85. The van der Waals surface area contributed by atoms with Gasteiger partial charge in [0.25, 0.3) is 0 Å². The third kappa shape index (κ3) is 6.38. The fourth-order valence-corrected chi connectivity index (χ4v) is 6.16.